The van der Waals surface area contributed by atoms with E-state index in [0.29, 0.717) is 12.1 Å². The van der Waals surface area contributed by atoms with Gasteiger partial charge in [-0.25, -0.2) is 0 Å². The van der Waals surface area contributed by atoms with Crippen molar-refractivity contribution in [2.24, 2.45) is 0 Å². The molecule has 1 aliphatic heterocycles. The lowest BCUT2D eigenvalue weighted by molar-refractivity contribution is -0.133. The van der Waals surface area contributed by atoms with Crippen molar-refractivity contribution in [2.45, 2.75) is 44.7 Å². The largest absolute Gasteiger partial charge is 0.347 e. The van der Waals surface area contributed by atoms with Crippen LogP contribution < -0.4 is 10.6 Å². The number of hydrogen-bond donors (Lipinski definition) is 2. The molecule has 0 aromatic heterocycles. The van der Waals surface area contributed by atoms with Crippen molar-refractivity contribution in [3.05, 3.63) is 0 Å². The Morgan fingerprint density at radius 3 is 2.65 bits per heavy atom. The number of nitrogens with one attached hydrogen (secondary N) is 2. The lowest BCUT2D eigenvalue weighted by Gasteiger charge is -2.26. The Hall–Kier alpha value is -1.10. The Morgan fingerprint density at radius 2 is 2.12 bits per heavy atom. The number of rotatable bonds is 5. The zero-order valence-corrected chi connectivity index (χ0v) is 10.4. The van der Waals surface area contributed by atoms with E-state index in [1.165, 1.54) is 13.3 Å². The van der Waals surface area contributed by atoms with Crippen LogP contribution in [0.25, 0.3) is 0 Å². The van der Waals surface area contributed by atoms with Gasteiger partial charge in [-0.15, -0.1) is 0 Å². The van der Waals surface area contributed by atoms with Crippen LogP contribution in [-0.2, 0) is 9.59 Å². The third kappa shape index (κ3) is 3.70. The Bertz CT molecular complexity index is 296. The summed E-state index contributed by atoms with van der Waals surface area (Å²) in [7, 11) is 0. The van der Waals surface area contributed by atoms with Gasteiger partial charge in [0.2, 0.25) is 11.8 Å². The minimum Gasteiger partial charge on any atom is -0.347 e. The van der Waals surface area contributed by atoms with Crippen molar-refractivity contribution in [1.82, 2.24) is 15.5 Å². The number of carbonyl (C=O) groups is 2. The molecule has 2 aliphatic rings. The molecule has 0 radical (unpaired) electrons. The van der Waals surface area contributed by atoms with Gasteiger partial charge in [0.15, 0.2) is 0 Å². The first kappa shape index (κ1) is 12.4. The van der Waals surface area contributed by atoms with Gasteiger partial charge in [0, 0.05) is 25.6 Å². The highest BCUT2D eigenvalue weighted by Crippen LogP contribution is 2.27. The van der Waals surface area contributed by atoms with Crippen molar-refractivity contribution in [2.75, 3.05) is 19.6 Å². The van der Waals surface area contributed by atoms with Gasteiger partial charge < -0.3 is 15.5 Å². The predicted molar refractivity (Wildman–Crippen MR) is 64.4 cm³/mol. The van der Waals surface area contributed by atoms with E-state index < -0.39 is 0 Å². The molecule has 2 rings (SSSR count). The Labute approximate surface area is 102 Å². The molecule has 17 heavy (non-hydrogen) atoms. The van der Waals surface area contributed by atoms with Crippen molar-refractivity contribution < 1.29 is 9.59 Å². The van der Waals surface area contributed by atoms with Crippen LogP contribution in [0, 0.1) is 0 Å². The van der Waals surface area contributed by atoms with Gasteiger partial charge in [0.05, 0.1) is 6.54 Å². The van der Waals surface area contributed by atoms with E-state index >= 15 is 0 Å². The average Bonchev–Trinajstić information content (AvgIpc) is 3.00. The lowest BCUT2D eigenvalue weighted by Crippen LogP contribution is -2.46. The highest BCUT2D eigenvalue weighted by molar-refractivity contribution is 5.84. The van der Waals surface area contributed by atoms with Crippen LogP contribution in [0.1, 0.15) is 32.6 Å². The second-order valence-electron chi connectivity index (χ2n) is 4.98. The smallest absolute Gasteiger partial charge is 0.242 e. The van der Waals surface area contributed by atoms with E-state index in [1.54, 1.807) is 0 Å². The first-order chi connectivity index (χ1) is 8.16. The van der Waals surface area contributed by atoms with E-state index in [0.717, 1.165) is 32.4 Å². The molecule has 5 nitrogen and oxygen atoms in total. The molecule has 2 amide bonds. The molecule has 2 fully saturated rings. The van der Waals surface area contributed by atoms with Gasteiger partial charge in [-0.3, -0.25) is 9.59 Å². The summed E-state index contributed by atoms with van der Waals surface area (Å²) < 4.78 is 0. The van der Waals surface area contributed by atoms with Crippen LogP contribution in [0.5, 0.6) is 0 Å². The minimum absolute atomic E-state index is 0.0522. The van der Waals surface area contributed by atoms with Crippen molar-refractivity contribution in [3.8, 4) is 0 Å². The fourth-order valence-electron chi connectivity index (χ4n) is 2.29. The van der Waals surface area contributed by atoms with E-state index in [1.807, 2.05) is 4.90 Å². The second kappa shape index (κ2) is 5.49. The summed E-state index contributed by atoms with van der Waals surface area (Å²) in [5.41, 5.74) is 0. The van der Waals surface area contributed by atoms with Crippen LogP contribution in [-0.4, -0.2) is 48.4 Å². The van der Waals surface area contributed by atoms with E-state index in [-0.39, 0.29) is 18.4 Å². The summed E-state index contributed by atoms with van der Waals surface area (Å²) in [6, 6.07) is 0.857. The quantitative estimate of drug-likeness (QED) is 0.702. The molecule has 0 bridgehead atoms. The Morgan fingerprint density at radius 1 is 1.35 bits per heavy atom. The molecule has 1 saturated heterocycles. The molecular formula is C12H21N3O2. The van der Waals surface area contributed by atoms with E-state index in [9.17, 15) is 9.59 Å². The molecule has 0 aromatic carbocycles. The van der Waals surface area contributed by atoms with Crippen LogP contribution >= 0.6 is 0 Å². The van der Waals surface area contributed by atoms with Crippen LogP contribution in [0.4, 0.5) is 0 Å². The fraction of sp³-hybridized carbons (Fsp3) is 0.833. The van der Waals surface area contributed by atoms with Gasteiger partial charge in [-0.1, -0.05) is 0 Å². The normalized spacial score (nSPS) is 23.5. The third-order valence-electron chi connectivity index (χ3n) is 3.38. The number of nitrogens with zero attached hydrogens (tertiary/aromatic N) is 1. The highest BCUT2D eigenvalue weighted by Gasteiger charge is 2.34. The molecule has 5 heteroatoms. The van der Waals surface area contributed by atoms with Gasteiger partial charge >= 0.3 is 0 Å². The molecule has 1 heterocycles. The summed E-state index contributed by atoms with van der Waals surface area (Å²) in [5, 5.41) is 5.99. The fourth-order valence-corrected chi connectivity index (χ4v) is 2.29. The first-order valence-electron chi connectivity index (χ1n) is 6.44. The molecule has 1 unspecified atom stereocenters. The molecule has 1 atom stereocenters. The summed E-state index contributed by atoms with van der Waals surface area (Å²) in [4.78, 5) is 24.8. The summed E-state index contributed by atoms with van der Waals surface area (Å²) in [6.07, 6.45) is 4.57. The zero-order chi connectivity index (χ0) is 12.3. The van der Waals surface area contributed by atoms with Crippen molar-refractivity contribution >= 4 is 11.8 Å². The number of hydrogen-bond acceptors (Lipinski definition) is 3. The van der Waals surface area contributed by atoms with Gasteiger partial charge in [0.1, 0.15) is 0 Å². The van der Waals surface area contributed by atoms with Gasteiger partial charge in [-0.05, 0) is 32.2 Å². The average molecular weight is 239 g/mol. The minimum atomic E-state index is -0.145. The first-order valence-corrected chi connectivity index (χ1v) is 6.44. The molecule has 1 aliphatic carbocycles. The van der Waals surface area contributed by atoms with Gasteiger partial charge in [0.25, 0.3) is 0 Å². The Kier molecular flexibility index (Phi) is 3.99. The highest BCUT2D eigenvalue weighted by atomic mass is 16.2. The molecule has 0 aromatic rings. The number of carbonyl (C=O) groups excluding carboxylic acids is 2. The van der Waals surface area contributed by atoms with Crippen molar-refractivity contribution in [1.29, 1.82) is 0 Å². The maximum Gasteiger partial charge on any atom is 0.242 e. The molecular weight excluding hydrogens is 218 g/mol. The van der Waals surface area contributed by atoms with Crippen LogP contribution in [0.15, 0.2) is 0 Å². The third-order valence-corrected chi connectivity index (χ3v) is 3.38. The summed E-state index contributed by atoms with van der Waals surface area (Å²) in [6.45, 7) is 3.43. The maximum atomic E-state index is 12.0. The monoisotopic (exact) mass is 239 g/mol. The standard InChI is InChI=1S/C12H21N3O2/c1-9(16)14-7-12(17)15(11-4-5-11)8-10-3-2-6-13-10/h10-11,13H,2-8H2,1H3,(H,14,16). The van der Waals surface area contributed by atoms with Crippen LogP contribution in [0.2, 0.25) is 0 Å². The predicted octanol–water partition coefficient (Wildman–Crippen LogP) is -0.134. The van der Waals surface area contributed by atoms with E-state index in [2.05, 4.69) is 10.6 Å². The topological polar surface area (TPSA) is 61.4 Å². The maximum absolute atomic E-state index is 12.0. The summed E-state index contributed by atoms with van der Waals surface area (Å²) >= 11 is 0. The zero-order valence-electron chi connectivity index (χ0n) is 10.4. The molecule has 0 spiro atoms. The number of amides is 2. The SMILES string of the molecule is CC(=O)NCC(=O)N(CC1CCCN1)C1CC1. The molecule has 96 valence electrons. The molecule has 1 saturated carbocycles. The Balaban J connectivity index is 1.82. The van der Waals surface area contributed by atoms with Gasteiger partial charge in [-0.2, -0.15) is 0 Å². The lowest BCUT2D eigenvalue weighted by atomic mass is 10.2. The van der Waals surface area contributed by atoms with Crippen molar-refractivity contribution in [3.63, 3.8) is 0 Å². The summed E-state index contributed by atoms with van der Waals surface area (Å²) in [5.74, 6) is -0.0931. The second-order valence-corrected chi connectivity index (χ2v) is 4.98. The van der Waals surface area contributed by atoms with Crippen LogP contribution in [0.3, 0.4) is 0 Å². The van der Waals surface area contributed by atoms with E-state index in [4.69, 9.17) is 0 Å². The molecule has 2 N–H and O–H groups in total.